The Hall–Kier alpha value is -0.990. The Morgan fingerprint density at radius 1 is 1.16 bits per heavy atom. The van der Waals surface area contributed by atoms with Crippen LogP contribution in [0.1, 0.15) is 44.9 Å². The predicted octanol–water partition coefficient (Wildman–Crippen LogP) is 5.87. The van der Waals surface area contributed by atoms with Crippen molar-refractivity contribution in [2.24, 2.45) is 0 Å². The number of nitrogens with one attached hydrogen (secondary N) is 1. The first-order valence-electron chi connectivity index (χ1n) is 6.47. The number of halogens is 1. The quantitative estimate of drug-likeness (QED) is 0.746. The summed E-state index contributed by atoms with van der Waals surface area (Å²) in [6, 6.07) is 11.0. The zero-order valence-electron chi connectivity index (χ0n) is 11.8. The molecule has 0 spiro atoms. The average Bonchev–Trinajstić information content (AvgIpc) is 2.75. The van der Waals surface area contributed by atoms with Crippen LogP contribution in [0.3, 0.4) is 0 Å². The molecule has 0 saturated carbocycles. The maximum atomic E-state index is 5.97. The molecule has 1 atom stereocenters. The molecule has 0 amide bonds. The molecule has 0 fully saturated rings. The summed E-state index contributed by atoms with van der Waals surface area (Å²) in [6.07, 6.45) is 0. The molecular formula is C16H20ClNS. The number of hydrogen-bond donors (Lipinski definition) is 1. The molecule has 1 aromatic carbocycles. The highest BCUT2D eigenvalue weighted by molar-refractivity contribution is 7.14. The molecule has 102 valence electrons. The number of hydrogen-bond acceptors (Lipinski definition) is 2. The van der Waals surface area contributed by atoms with Crippen molar-refractivity contribution < 1.29 is 0 Å². The van der Waals surface area contributed by atoms with Crippen molar-refractivity contribution >= 4 is 28.6 Å². The van der Waals surface area contributed by atoms with Gasteiger partial charge in [0.15, 0.2) is 0 Å². The van der Waals surface area contributed by atoms with Crippen LogP contribution in [-0.2, 0) is 5.41 Å². The Labute approximate surface area is 124 Å². The first-order valence-corrected chi connectivity index (χ1v) is 7.73. The lowest BCUT2D eigenvalue weighted by atomic mass is 9.87. The van der Waals surface area contributed by atoms with Gasteiger partial charge in [0.05, 0.1) is 4.34 Å². The summed E-state index contributed by atoms with van der Waals surface area (Å²) < 4.78 is 0.840. The van der Waals surface area contributed by atoms with E-state index < -0.39 is 0 Å². The zero-order valence-corrected chi connectivity index (χ0v) is 13.4. The summed E-state index contributed by atoms with van der Waals surface area (Å²) >= 11 is 7.54. The van der Waals surface area contributed by atoms with Crippen molar-refractivity contribution in [2.75, 3.05) is 5.32 Å². The van der Waals surface area contributed by atoms with Gasteiger partial charge in [0, 0.05) is 11.7 Å². The van der Waals surface area contributed by atoms with Crippen LogP contribution in [0.4, 0.5) is 5.69 Å². The minimum absolute atomic E-state index is 0.199. The van der Waals surface area contributed by atoms with E-state index in [-0.39, 0.29) is 11.5 Å². The van der Waals surface area contributed by atoms with Crippen LogP contribution < -0.4 is 5.32 Å². The van der Waals surface area contributed by atoms with E-state index in [1.54, 1.807) is 11.3 Å². The summed E-state index contributed by atoms with van der Waals surface area (Å²) in [5.41, 5.74) is 3.92. The van der Waals surface area contributed by atoms with E-state index in [4.69, 9.17) is 11.6 Å². The molecule has 1 aromatic heterocycles. The number of thiophene rings is 1. The second-order valence-electron chi connectivity index (χ2n) is 5.88. The van der Waals surface area contributed by atoms with Crippen molar-refractivity contribution in [3.05, 3.63) is 51.2 Å². The molecular weight excluding hydrogens is 274 g/mol. The Morgan fingerprint density at radius 2 is 1.79 bits per heavy atom. The second-order valence-corrected chi connectivity index (χ2v) is 7.42. The van der Waals surface area contributed by atoms with Gasteiger partial charge in [-0.25, -0.2) is 0 Å². The lowest BCUT2D eigenvalue weighted by molar-refractivity contribution is 0.590. The van der Waals surface area contributed by atoms with Gasteiger partial charge < -0.3 is 5.32 Å². The molecule has 0 aliphatic rings. The second kappa shape index (κ2) is 5.56. The van der Waals surface area contributed by atoms with Gasteiger partial charge in [-0.2, -0.15) is 0 Å². The van der Waals surface area contributed by atoms with E-state index in [0.29, 0.717) is 0 Å². The van der Waals surface area contributed by atoms with Crippen molar-refractivity contribution in [3.63, 3.8) is 0 Å². The lowest BCUT2D eigenvalue weighted by Gasteiger charge is -2.20. The van der Waals surface area contributed by atoms with E-state index >= 15 is 0 Å². The minimum Gasteiger partial charge on any atom is -0.378 e. The van der Waals surface area contributed by atoms with Crippen LogP contribution in [0.25, 0.3) is 0 Å². The Kier molecular flexibility index (Phi) is 4.22. The summed E-state index contributed by atoms with van der Waals surface area (Å²) in [5.74, 6) is 0. The van der Waals surface area contributed by atoms with Crippen LogP contribution in [0.2, 0.25) is 4.34 Å². The first-order chi connectivity index (χ1) is 8.86. The smallest absolute Gasteiger partial charge is 0.0931 e. The van der Waals surface area contributed by atoms with E-state index in [1.165, 1.54) is 11.1 Å². The topological polar surface area (TPSA) is 12.0 Å². The van der Waals surface area contributed by atoms with Crippen LogP contribution in [0.15, 0.2) is 35.7 Å². The maximum absolute atomic E-state index is 5.97. The molecule has 19 heavy (non-hydrogen) atoms. The highest BCUT2D eigenvalue weighted by Crippen LogP contribution is 2.28. The van der Waals surface area contributed by atoms with Gasteiger partial charge in [0.1, 0.15) is 0 Å². The number of anilines is 1. The van der Waals surface area contributed by atoms with Gasteiger partial charge in [-0.1, -0.05) is 44.5 Å². The third-order valence-electron chi connectivity index (χ3n) is 3.22. The first kappa shape index (κ1) is 14.4. The number of benzene rings is 1. The van der Waals surface area contributed by atoms with Crippen molar-refractivity contribution in [3.8, 4) is 0 Å². The molecule has 0 saturated heterocycles. The van der Waals surface area contributed by atoms with E-state index in [9.17, 15) is 0 Å². The molecule has 1 unspecified atom stereocenters. The third-order valence-corrected chi connectivity index (χ3v) is 4.33. The molecule has 2 rings (SSSR count). The normalized spacial score (nSPS) is 13.3. The molecule has 1 nitrogen and oxygen atoms in total. The highest BCUT2D eigenvalue weighted by Gasteiger charge is 2.13. The van der Waals surface area contributed by atoms with Crippen LogP contribution in [0.5, 0.6) is 0 Å². The van der Waals surface area contributed by atoms with E-state index in [1.807, 2.05) is 6.07 Å². The van der Waals surface area contributed by atoms with E-state index in [0.717, 1.165) is 10.0 Å². The number of rotatable bonds is 3. The third kappa shape index (κ3) is 3.74. The SMILES string of the molecule is CC(Nc1ccc(C(C)(C)C)cc1)c1csc(Cl)c1. The summed E-state index contributed by atoms with van der Waals surface area (Å²) in [7, 11) is 0. The highest BCUT2D eigenvalue weighted by atomic mass is 35.5. The molecule has 0 bridgehead atoms. The van der Waals surface area contributed by atoms with Crippen LogP contribution >= 0.6 is 22.9 Å². The molecule has 0 aliphatic carbocycles. The zero-order chi connectivity index (χ0) is 14.0. The fourth-order valence-electron chi connectivity index (χ4n) is 1.95. The van der Waals surface area contributed by atoms with Gasteiger partial charge in [-0.15, -0.1) is 11.3 Å². The molecule has 0 aliphatic heterocycles. The van der Waals surface area contributed by atoms with Crippen molar-refractivity contribution in [2.45, 2.75) is 39.2 Å². The van der Waals surface area contributed by atoms with Gasteiger partial charge in [0.2, 0.25) is 0 Å². The average molecular weight is 294 g/mol. The Morgan fingerprint density at radius 3 is 2.26 bits per heavy atom. The maximum Gasteiger partial charge on any atom is 0.0931 e. The Balaban J connectivity index is 2.07. The fourth-order valence-corrected chi connectivity index (χ4v) is 2.93. The van der Waals surface area contributed by atoms with Gasteiger partial charge in [0.25, 0.3) is 0 Å². The monoisotopic (exact) mass is 293 g/mol. The fraction of sp³-hybridized carbons (Fsp3) is 0.375. The molecule has 1 heterocycles. The lowest BCUT2D eigenvalue weighted by Crippen LogP contribution is -2.11. The Bertz CT molecular complexity index is 537. The molecule has 3 heteroatoms. The van der Waals surface area contributed by atoms with E-state index in [2.05, 4.69) is 62.7 Å². The predicted molar refractivity (Wildman–Crippen MR) is 86.5 cm³/mol. The summed E-state index contributed by atoms with van der Waals surface area (Å²) in [4.78, 5) is 0. The molecule has 2 aromatic rings. The van der Waals surface area contributed by atoms with Gasteiger partial charge >= 0.3 is 0 Å². The molecule has 1 N–H and O–H groups in total. The standard InChI is InChI=1S/C16H20ClNS/c1-11(12-9-15(17)19-10-12)18-14-7-5-13(6-8-14)16(2,3)4/h5-11,18H,1-4H3. The summed E-state index contributed by atoms with van der Waals surface area (Å²) in [6.45, 7) is 8.83. The molecule has 0 radical (unpaired) electrons. The summed E-state index contributed by atoms with van der Waals surface area (Å²) in [5, 5.41) is 5.60. The van der Waals surface area contributed by atoms with Crippen LogP contribution in [0, 0.1) is 0 Å². The minimum atomic E-state index is 0.199. The largest absolute Gasteiger partial charge is 0.378 e. The van der Waals surface area contributed by atoms with Gasteiger partial charge in [-0.05, 0) is 47.0 Å². The van der Waals surface area contributed by atoms with Gasteiger partial charge in [-0.3, -0.25) is 0 Å². The van der Waals surface area contributed by atoms with Crippen molar-refractivity contribution in [1.82, 2.24) is 0 Å². The van der Waals surface area contributed by atoms with Crippen molar-refractivity contribution in [1.29, 1.82) is 0 Å². The van der Waals surface area contributed by atoms with Crippen LogP contribution in [-0.4, -0.2) is 0 Å².